The fourth-order valence-corrected chi connectivity index (χ4v) is 1.90. The standard InChI is InChI=1S/C15H20N2O/c1-12-6-7-15(18-12)8-9-17-11-13-4-3-5-14(10-13)16-2/h3-7,10,16-17H,8-9,11H2,1-2H3. The summed E-state index contributed by atoms with van der Waals surface area (Å²) < 4.78 is 5.52. The van der Waals surface area contributed by atoms with Gasteiger partial charge in [0, 0.05) is 32.2 Å². The fraction of sp³-hybridized carbons (Fsp3) is 0.333. The molecule has 0 amide bonds. The van der Waals surface area contributed by atoms with Gasteiger partial charge in [-0.1, -0.05) is 12.1 Å². The Morgan fingerprint density at radius 3 is 2.78 bits per heavy atom. The number of rotatable bonds is 6. The summed E-state index contributed by atoms with van der Waals surface area (Å²) in [5, 5.41) is 6.57. The lowest BCUT2D eigenvalue weighted by Crippen LogP contribution is -2.16. The molecule has 0 fully saturated rings. The number of aryl methyl sites for hydroxylation is 1. The molecule has 2 N–H and O–H groups in total. The molecule has 0 aliphatic carbocycles. The molecule has 3 nitrogen and oxygen atoms in total. The number of furan rings is 1. The Morgan fingerprint density at radius 1 is 1.17 bits per heavy atom. The van der Waals surface area contributed by atoms with E-state index in [9.17, 15) is 0 Å². The maximum atomic E-state index is 5.52. The van der Waals surface area contributed by atoms with E-state index < -0.39 is 0 Å². The predicted molar refractivity (Wildman–Crippen MR) is 74.8 cm³/mol. The molecule has 0 saturated carbocycles. The summed E-state index contributed by atoms with van der Waals surface area (Å²) >= 11 is 0. The molecule has 0 bridgehead atoms. The highest BCUT2D eigenvalue weighted by Crippen LogP contribution is 2.09. The van der Waals surface area contributed by atoms with E-state index in [4.69, 9.17) is 4.42 Å². The van der Waals surface area contributed by atoms with Crippen molar-refractivity contribution in [1.82, 2.24) is 5.32 Å². The van der Waals surface area contributed by atoms with Crippen LogP contribution in [0.2, 0.25) is 0 Å². The Bertz CT molecular complexity index is 491. The van der Waals surface area contributed by atoms with E-state index in [-0.39, 0.29) is 0 Å². The lowest BCUT2D eigenvalue weighted by Gasteiger charge is -2.06. The predicted octanol–water partition coefficient (Wildman–Crippen LogP) is 2.96. The SMILES string of the molecule is CNc1cccc(CNCCc2ccc(C)o2)c1. The van der Waals surface area contributed by atoms with Crippen LogP contribution in [0.1, 0.15) is 17.1 Å². The van der Waals surface area contributed by atoms with E-state index >= 15 is 0 Å². The van der Waals surface area contributed by atoms with Crippen LogP contribution < -0.4 is 10.6 Å². The van der Waals surface area contributed by atoms with Gasteiger partial charge in [-0.2, -0.15) is 0 Å². The van der Waals surface area contributed by atoms with Gasteiger partial charge in [0.15, 0.2) is 0 Å². The first-order valence-corrected chi connectivity index (χ1v) is 6.30. The van der Waals surface area contributed by atoms with Crippen LogP contribution in [0.15, 0.2) is 40.8 Å². The molecule has 1 aromatic heterocycles. The Morgan fingerprint density at radius 2 is 2.06 bits per heavy atom. The highest BCUT2D eigenvalue weighted by atomic mass is 16.3. The molecule has 0 atom stereocenters. The topological polar surface area (TPSA) is 37.2 Å². The van der Waals surface area contributed by atoms with Crippen LogP contribution in [0.5, 0.6) is 0 Å². The lowest BCUT2D eigenvalue weighted by atomic mass is 10.2. The number of nitrogens with one attached hydrogen (secondary N) is 2. The average molecular weight is 244 g/mol. The average Bonchev–Trinajstić information content (AvgIpc) is 2.81. The van der Waals surface area contributed by atoms with Crippen LogP contribution in [-0.4, -0.2) is 13.6 Å². The quantitative estimate of drug-likeness (QED) is 0.767. The van der Waals surface area contributed by atoms with Gasteiger partial charge in [-0.25, -0.2) is 0 Å². The zero-order valence-electron chi connectivity index (χ0n) is 11.0. The van der Waals surface area contributed by atoms with Crippen molar-refractivity contribution in [1.29, 1.82) is 0 Å². The van der Waals surface area contributed by atoms with Crippen LogP contribution in [0, 0.1) is 6.92 Å². The molecule has 2 rings (SSSR count). The van der Waals surface area contributed by atoms with Crippen molar-refractivity contribution in [2.24, 2.45) is 0 Å². The Labute approximate surface area is 108 Å². The van der Waals surface area contributed by atoms with Gasteiger partial charge in [0.2, 0.25) is 0 Å². The summed E-state index contributed by atoms with van der Waals surface area (Å²) in [5.41, 5.74) is 2.44. The monoisotopic (exact) mass is 244 g/mol. The van der Waals surface area contributed by atoms with E-state index in [1.165, 1.54) is 5.56 Å². The molecule has 0 unspecified atom stereocenters. The minimum absolute atomic E-state index is 0.884. The Kier molecular flexibility index (Phi) is 4.42. The zero-order valence-corrected chi connectivity index (χ0v) is 11.0. The van der Waals surface area contributed by atoms with Crippen LogP contribution in [0.3, 0.4) is 0 Å². The number of hydrogen-bond donors (Lipinski definition) is 2. The third-order valence-corrected chi connectivity index (χ3v) is 2.89. The van der Waals surface area contributed by atoms with E-state index in [0.29, 0.717) is 0 Å². The van der Waals surface area contributed by atoms with Crippen molar-refractivity contribution in [3.8, 4) is 0 Å². The molecule has 0 aliphatic heterocycles. The lowest BCUT2D eigenvalue weighted by molar-refractivity contribution is 0.475. The maximum absolute atomic E-state index is 5.52. The molecule has 0 spiro atoms. The van der Waals surface area contributed by atoms with E-state index in [0.717, 1.165) is 36.7 Å². The van der Waals surface area contributed by atoms with Crippen molar-refractivity contribution < 1.29 is 4.42 Å². The molecule has 96 valence electrons. The van der Waals surface area contributed by atoms with Gasteiger partial charge in [-0.15, -0.1) is 0 Å². The second-order valence-corrected chi connectivity index (χ2v) is 4.39. The number of anilines is 1. The molecule has 18 heavy (non-hydrogen) atoms. The van der Waals surface area contributed by atoms with Gasteiger partial charge in [0.25, 0.3) is 0 Å². The van der Waals surface area contributed by atoms with Crippen molar-refractivity contribution in [3.63, 3.8) is 0 Å². The molecule has 2 aromatic rings. The second-order valence-electron chi connectivity index (χ2n) is 4.39. The number of hydrogen-bond acceptors (Lipinski definition) is 3. The smallest absolute Gasteiger partial charge is 0.105 e. The van der Waals surface area contributed by atoms with Crippen LogP contribution in [0.4, 0.5) is 5.69 Å². The van der Waals surface area contributed by atoms with E-state index in [1.807, 2.05) is 26.1 Å². The van der Waals surface area contributed by atoms with Gasteiger partial charge < -0.3 is 15.1 Å². The van der Waals surface area contributed by atoms with Crippen molar-refractivity contribution >= 4 is 5.69 Å². The third kappa shape index (κ3) is 3.64. The van der Waals surface area contributed by atoms with Crippen LogP contribution >= 0.6 is 0 Å². The summed E-state index contributed by atoms with van der Waals surface area (Å²) in [6.07, 6.45) is 0.930. The molecule has 0 radical (unpaired) electrons. The summed E-state index contributed by atoms with van der Waals surface area (Å²) in [6, 6.07) is 12.5. The minimum Gasteiger partial charge on any atom is -0.466 e. The Hall–Kier alpha value is -1.74. The van der Waals surface area contributed by atoms with Gasteiger partial charge in [0.05, 0.1) is 0 Å². The first-order chi connectivity index (χ1) is 8.78. The molecule has 1 aromatic carbocycles. The third-order valence-electron chi connectivity index (χ3n) is 2.89. The zero-order chi connectivity index (χ0) is 12.8. The summed E-state index contributed by atoms with van der Waals surface area (Å²) in [5.74, 6) is 2.02. The Balaban J connectivity index is 1.74. The second kappa shape index (κ2) is 6.26. The normalized spacial score (nSPS) is 10.6. The van der Waals surface area contributed by atoms with Crippen molar-refractivity contribution in [2.45, 2.75) is 19.9 Å². The van der Waals surface area contributed by atoms with Crippen LogP contribution in [-0.2, 0) is 13.0 Å². The fourth-order valence-electron chi connectivity index (χ4n) is 1.90. The highest BCUT2D eigenvalue weighted by Gasteiger charge is 1.98. The van der Waals surface area contributed by atoms with Crippen molar-refractivity contribution in [2.75, 3.05) is 18.9 Å². The van der Waals surface area contributed by atoms with Gasteiger partial charge in [-0.3, -0.25) is 0 Å². The summed E-state index contributed by atoms with van der Waals surface area (Å²) in [7, 11) is 1.94. The maximum Gasteiger partial charge on any atom is 0.105 e. The number of benzene rings is 1. The first kappa shape index (κ1) is 12.7. The van der Waals surface area contributed by atoms with E-state index in [2.05, 4.69) is 34.9 Å². The highest BCUT2D eigenvalue weighted by molar-refractivity contribution is 5.44. The molecule has 0 saturated heterocycles. The molecular weight excluding hydrogens is 224 g/mol. The van der Waals surface area contributed by atoms with Gasteiger partial charge in [-0.05, 0) is 36.8 Å². The molecule has 1 heterocycles. The minimum atomic E-state index is 0.884. The van der Waals surface area contributed by atoms with Gasteiger partial charge >= 0.3 is 0 Å². The molecule has 3 heteroatoms. The van der Waals surface area contributed by atoms with Crippen molar-refractivity contribution in [3.05, 3.63) is 53.5 Å². The van der Waals surface area contributed by atoms with Crippen LogP contribution in [0.25, 0.3) is 0 Å². The van der Waals surface area contributed by atoms with E-state index in [1.54, 1.807) is 0 Å². The van der Waals surface area contributed by atoms with Gasteiger partial charge in [0.1, 0.15) is 11.5 Å². The first-order valence-electron chi connectivity index (χ1n) is 6.30. The largest absolute Gasteiger partial charge is 0.466 e. The molecule has 0 aliphatic rings. The summed E-state index contributed by atoms with van der Waals surface area (Å²) in [6.45, 7) is 3.78. The summed E-state index contributed by atoms with van der Waals surface area (Å²) in [4.78, 5) is 0. The molecular formula is C15H20N2O.